The fourth-order valence-corrected chi connectivity index (χ4v) is 2.37. The van der Waals surface area contributed by atoms with Gasteiger partial charge in [-0.1, -0.05) is 23.7 Å². The van der Waals surface area contributed by atoms with Crippen LogP contribution in [0.3, 0.4) is 0 Å². The maximum atomic E-state index is 13.9. The zero-order valence-corrected chi connectivity index (χ0v) is 16.5. The number of ether oxygens (including phenoxy) is 1. The second kappa shape index (κ2) is 10.3. The van der Waals surface area contributed by atoms with E-state index in [0.29, 0.717) is 10.7 Å². The maximum absolute atomic E-state index is 13.9. The molecule has 0 aliphatic rings. The number of halogens is 3. The topological polar surface area (TPSA) is 81.4 Å². The minimum absolute atomic E-state index is 0. The van der Waals surface area contributed by atoms with E-state index < -0.39 is 23.6 Å². The van der Waals surface area contributed by atoms with Crippen molar-refractivity contribution in [3.63, 3.8) is 0 Å². The molecule has 2 rings (SSSR count). The Morgan fingerprint density at radius 2 is 1.92 bits per heavy atom. The summed E-state index contributed by atoms with van der Waals surface area (Å²) in [4.78, 5) is 24.2. The number of nitrogens with two attached hydrogens (primary N) is 1. The van der Waals surface area contributed by atoms with Gasteiger partial charge in [0.15, 0.2) is 5.78 Å². The molecule has 2 aromatic rings. The smallest absolute Gasteiger partial charge is 0.324 e. The van der Waals surface area contributed by atoms with Crippen molar-refractivity contribution in [2.75, 3.05) is 18.5 Å². The molecule has 8 heteroatoms. The van der Waals surface area contributed by atoms with Crippen molar-refractivity contribution >= 4 is 46.0 Å². The number of hydrogen-bond acceptors (Lipinski definition) is 5. The van der Waals surface area contributed by atoms with E-state index in [-0.39, 0.29) is 41.3 Å². The van der Waals surface area contributed by atoms with Crippen LogP contribution in [-0.4, -0.2) is 30.9 Å². The van der Waals surface area contributed by atoms with Crippen LogP contribution in [0.4, 0.5) is 10.1 Å². The third kappa shape index (κ3) is 5.52. The van der Waals surface area contributed by atoms with Gasteiger partial charge in [0.25, 0.3) is 0 Å². The van der Waals surface area contributed by atoms with Crippen LogP contribution in [-0.2, 0) is 9.53 Å². The van der Waals surface area contributed by atoms with Crippen LogP contribution < -0.4 is 11.1 Å². The summed E-state index contributed by atoms with van der Waals surface area (Å²) in [5, 5.41) is 3.26. The summed E-state index contributed by atoms with van der Waals surface area (Å²) in [5.41, 5.74) is 6.26. The van der Waals surface area contributed by atoms with E-state index in [1.807, 2.05) is 0 Å². The molecule has 140 valence electrons. The summed E-state index contributed by atoms with van der Waals surface area (Å²) in [7, 11) is 0. The van der Waals surface area contributed by atoms with Gasteiger partial charge in [0.2, 0.25) is 0 Å². The molecule has 1 atom stereocenters. The lowest BCUT2D eigenvalue weighted by atomic mass is 10.0. The SMILES string of the molecule is Br.CCOC(=O)C(N)CNc1ccc(Cl)cc1C(=O)c1ccccc1F. The third-order valence-corrected chi connectivity index (χ3v) is 3.68. The molecule has 1 unspecified atom stereocenters. The zero-order chi connectivity index (χ0) is 18.4. The Morgan fingerprint density at radius 1 is 1.23 bits per heavy atom. The lowest BCUT2D eigenvalue weighted by Crippen LogP contribution is -2.38. The summed E-state index contributed by atoms with van der Waals surface area (Å²) in [6.45, 7) is 1.96. The highest BCUT2D eigenvalue weighted by molar-refractivity contribution is 8.93. The summed E-state index contributed by atoms with van der Waals surface area (Å²) >= 11 is 5.97. The molecule has 0 aliphatic carbocycles. The molecule has 0 aromatic heterocycles. The lowest BCUT2D eigenvalue weighted by Gasteiger charge is -2.15. The molecule has 0 spiro atoms. The highest BCUT2D eigenvalue weighted by Crippen LogP contribution is 2.24. The van der Waals surface area contributed by atoms with E-state index in [0.717, 1.165) is 0 Å². The standard InChI is InChI=1S/C18H18ClFN2O3.BrH/c1-2-25-18(24)15(21)10-22-16-8-7-11(19)9-13(16)17(23)12-5-3-4-6-14(12)20;/h3-9,15,22H,2,10,21H2,1H3;1H. The highest BCUT2D eigenvalue weighted by Gasteiger charge is 2.19. The first-order valence-corrected chi connectivity index (χ1v) is 8.06. The van der Waals surface area contributed by atoms with Crippen LogP contribution >= 0.6 is 28.6 Å². The van der Waals surface area contributed by atoms with E-state index >= 15 is 0 Å². The largest absolute Gasteiger partial charge is 0.465 e. The average Bonchev–Trinajstić information content (AvgIpc) is 2.60. The molecule has 0 saturated carbocycles. The maximum Gasteiger partial charge on any atom is 0.324 e. The molecule has 26 heavy (non-hydrogen) atoms. The lowest BCUT2D eigenvalue weighted by molar-refractivity contribution is -0.144. The van der Waals surface area contributed by atoms with Crippen molar-refractivity contribution in [2.45, 2.75) is 13.0 Å². The Kier molecular flexibility index (Phi) is 8.71. The molecule has 0 aliphatic heterocycles. The minimum atomic E-state index is -0.896. The van der Waals surface area contributed by atoms with Crippen molar-refractivity contribution in [2.24, 2.45) is 5.73 Å². The van der Waals surface area contributed by atoms with Gasteiger partial charge in [-0.25, -0.2) is 4.39 Å². The van der Waals surface area contributed by atoms with Crippen molar-refractivity contribution in [3.05, 3.63) is 64.4 Å². The fourth-order valence-electron chi connectivity index (χ4n) is 2.20. The van der Waals surface area contributed by atoms with Gasteiger partial charge in [-0.05, 0) is 37.3 Å². The molecule has 0 amide bonds. The van der Waals surface area contributed by atoms with E-state index in [1.54, 1.807) is 25.1 Å². The Morgan fingerprint density at radius 3 is 2.58 bits per heavy atom. The first kappa shape index (κ1) is 22.1. The van der Waals surface area contributed by atoms with Gasteiger partial charge in [-0.15, -0.1) is 17.0 Å². The first-order chi connectivity index (χ1) is 11.9. The molecule has 0 saturated heterocycles. The van der Waals surface area contributed by atoms with Gasteiger partial charge >= 0.3 is 5.97 Å². The van der Waals surface area contributed by atoms with Crippen LogP contribution in [0.2, 0.25) is 5.02 Å². The molecule has 0 bridgehead atoms. The number of benzene rings is 2. The van der Waals surface area contributed by atoms with Crippen LogP contribution in [0.5, 0.6) is 0 Å². The van der Waals surface area contributed by atoms with Gasteiger partial charge in [-0.2, -0.15) is 0 Å². The highest BCUT2D eigenvalue weighted by atomic mass is 79.9. The van der Waals surface area contributed by atoms with Crippen LogP contribution in [0.25, 0.3) is 0 Å². The average molecular weight is 446 g/mol. The number of carbonyl (C=O) groups excluding carboxylic acids is 2. The molecule has 0 fully saturated rings. The molecule has 0 heterocycles. The van der Waals surface area contributed by atoms with Crippen molar-refractivity contribution in [1.29, 1.82) is 0 Å². The molecule has 0 radical (unpaired) electrons. The summed E-state index contributed by atoms with van der Waals surface area (Å²) < 4.78 is 18.7. The van der Waals surface area contributed by atoms with E-state index in [4.69, 9.17) is 22.1 Å². The number of nitrogens with one attached hydrogen (secondary N) is 1. The fraction of sp³-hybridized carbons (Fsp3) is 0.222. The molecule has 5 nitrogen and oxygen atoms in total. The number of hydrogen-bond donors (Lipinski definition) is 2. The Hall–Kier alpha value is -1.96. The van der Waals surface area contributed by atoms with Crippen molar-refractivity contribution < 1.29 is 18.7 Å². The number of carbonyl (C=O) groups is 2. The Labute approximate surface area is 166 Å². The van der Waals surface area contributed by atoms with Gasteiger partial charge in [0.1, 0.15) is 11.9 Å². The second-order valence-corrected chi connectivity index (χ2v) is 5.67. The minimum Gasteiger partial charge on any atom is -0.465 e. The first-order valence-electron chi connectivity index (χ1n) is 7.69. The van der Waals surface area contributed by atoms with Crippen LogP contribution in [0.1, 0.15) is 22.8 Å². The van der Waals surface area contributed by atoms with E-state index in [1.165, 1.54) is 24.3 Å². The normalized spacial score (nSPS) is 11.2. The van der Waals surface area contributed by atoms with Crippen molar-refractivity contribution in [1.82, 2.24) is 0 Å². The molecule has 3 N–H and O–H groups in total. The predicted molar refractivity (Wildman–Crippen MR) is 105 cm³/mol. The Balaban J connectivity index is 0.00000338. The summed E-state index contributed by atoms with van der Waals surface area (Å²) in [5.74, 6) is -1.69. The monoisotopic (exact) mass is 444 g/mol. The van der Waals surface area contributed by atoms with Gasteiger partial charge in [0.05, 0.1) is 12.2 Å². The quantitative estimate of drug-likeness (QED) is 0.503. The number of anilines is 1. The van der Waals surface area contributed by atoms with E-state index in [9.17, 15) is 14.0 Å². The number of ketones is 1. The molecule has 2 aromatic carbocycles. The van der Waals surface area contributed by atoms with Gasteiger partial charge in [0, 0.05) is 22.8 Å². The predicted octanol–water partition coefficient (Wildman–Crippen LogP) is 3.59. The molecular formula is C18H19BrClFN2O3. The third-order valence-electron chi connectivity index (χ3n) is 3.45. The number of rotatable bonds is 7. The Bertz CT molecular complexity index is 789. The van der Waals surface area contributed by atoms with Gasteiger partial charge < -0.3 is 15.8 Å². The van der Waals surface area contributed by atoms with E-state index in [2.05, 4.69) is 5.32 Å². The number of esters is 1. The van der Waals surface area contributed by atoms with Crippen molar-refractivity contribution in [3.8, 4) is 0 Å². The summed E-state index contributed by atoms with van der Waals surface area (Å²) in [6, 6.07) is 9.38. The molecular weight excluding hydrogens is 427 g/mol. The second-order valence-electron chi connectivity index (χ2n) is 5.24. The van der Waals surface area contributed by atoms with Gasteiger partial charge in [-0.3, -0.25) is 9.59 Å². The summed E-state index contributed by atoms with van der Waals surface area (Å²) in [6.07, 6.45) is 0. The van der Waals surface area contributed by atoms with Crippen LogP contribution in [0.15, 0.2) is 42.5 Å². The zero-order valence-electron chi connectivity index (χ0n) is 14.0. The van der Waals surface area contributed by atoms with Crippen LogP contribution in [0, 0.1) is 5.82 Å².